The van der Waals surface area contributed by atoms with Crippen LogP contribution >= 0.6 is 0 Å². The van der Waals surface area contributed by atoms with Gasteiger partial charge in [0.1, 0.15) is 17.2 Å². The SMILES string of the molecule is COC(=O)c1ccc(OC(=O)NCC(Cc2ccccc2)(c2cccc(OC(F)(F)F)c2)c2cccc(OC(F)(F)F)c2)cc1. The number of amides is 1. The largest absolute Gasteiger partial charge is 0.573 e. The number of nitrogens with one attached hydrogen (secondary N) is 1. The van der Waals surface area contributed by atoms with E-state index in [-0.39, 0.29) is 35.4 Å². The summed E-state index contributed by atoms with van der Waals surface area (Å²) >= 11 is 0. The van der Waals surface area contributed by atoms with Gasteiger partial charge in [0.2, 0.25) is 0 Å². The molecule has 13 heteroatoms. The van der Waals surface area contributed by atoms with Crippen molar-refractivity contribution in [1.29, 1.82) is 0 Å². The number of methoxy groups -OCH3 is 1. The molecule has 4 rings (SSSR count). The van der Waals surface area contributed by atoms with Crippen molar-refractivity contribution in [2.45, 2.75) is 24.6 Å². The second-order valence-electron chi connectivity index (χ2n) is 9.65. The lowest BCUT2D eigenvalue weighted by Gasteiger charge is -2.36. The number of hydrogen-bond donors (Lipinski definition) is 1. The molecule has 7 nitrogen and oxygen atoms in total. The summed E-state index contributed by atoms with van der Waals surface area (Å²) in [5, 5.41) is 2.59. The molecule has 0 atom stereocenters. The molecule has 0 fully saturated rings. The molecule has 4 aromatic rings. The van der Waals surface area contributed by atoms with Crippen molar-refractivity contribution in [3.63, 3.8) is 0 Å². The van der Waals surface area contributed by atoms with E-state index in [1.165, 1.54) is 55.6 Å². The molecule has 0 saturated carbocycles. The Morgan fingerprint density at radius 3 is 1.69 bits per heavy atom. The van der Waals surface area contributed by atoms with Gasteiger partial charge >= 0.3 is 24.8 Å². The van der Waals surface area contributed by atoms with E-state index in [1.807, 2.05) is 0 Å². The van der Waals surface area contributed by atoms with Crippen molar-refractivity contribution < 1.29 is 54.9 Å². The molecule has 0 heterocycles. The standard InChI is InChI=1S/C32H25F6NO6/c1-42-28(40)22-13-15-25(16-14-22)43-29(41)39-20-30(19-21-7-3-2-4-8-21,23-9-5-11-26(17-23)44-31(33,34)35)24-10-6-12-27(18-24)45-32(36,37)38/h2-18H,19-20H2,1H3,(H,39,41). The van der Waals surface area contributed by atoms with Crippen molar-refractivity contribution in [2.24, 2.45) is 0 Å². The topological polar surface area (TPSA) is 83.1 Å². The molecule has 0 spiro atoms. The molecule has 0 aromatic heterocycles. The fourth-order valence-electron chi connectivity index (χ4n) is 4.71. The van der Waals surface area contributed by atoms with Gasteiger partial charge in [-0.05, 0) is 71.6 Å². The molecule has 45 heavy (non-hydrogen) atoms. The van der Waals surface area contributed by atoms with E-state index >= 15 is 0 Å². The third-order valence-corrected chi connectivity index (χ3v) is 6.61. The molecule has 4 aromatic carbocycles. The van der Waals surface area contributed by atoms with Crippen molar-refractivity contribution in [3.8, 4) is 17.2 Å². The summed E-state index contributed by atoms with van der Waals surface area (Å²) in [5.74, 6) is -1.71. The predicted molar refractivity (Wildman–Crippen MR) is 149 cm³/mol. The number of alkyl halides is 6. The number of hydrogen-bond acceptors (Lipinski definition) is 6. The summed E-state index contributed by atoms with van der Waals surface area (Å²) in [6.07, 6.45) is -11.0. The second kappa shape index (κ2) is 13.6. The van der Waals surface area contributed by atoms with Gasteiger partial charge in [0.25, 0.3) is 0 Å². The zero-order chi connectivity index (χ0) is 32.7. The van der Waals surface area contributed by atoms with Gasteiger partial charge in [-0.2, -0.15) is 0 Å². The summed E-state index contributed by atoms with van der Waals surface area (Å²) in [6.45, 7) is -0.355. The Labute approximate surface area is 253 Å². The maximum atomic E-state index is 13.2. The first kappa shape index (κ1) is 32.7. The molecule has 0 bridgehead atoms. The molecule has 1 amide bonds. The van der Waals surface area contributed by atoms with Gasteiger partial charge in [-0.1, -0.05) is 54.6 Å². The lowest BCUT2D eigenvalue weighted by atomic mass is 9.70. The fraction of sp³-hybridized carbons (Fsp3) is 0.188. The minimum absolute atomic E-state index is 0.00683. The summed E-state index contributed by atoms with van der Waals surface area (Å²) in [7, 11) is 1.21. The first-order chi connectivity index (χ1) is 21.3. The van der Waals surface area contributed by atoms with Crippen LogP contribution in [0.15, 0.2) is 103 Å². The van der Waals surface area contributed by atoms with E-state index in [0.717, 1.165) is 24.3 Å². The van der Waals surface area contributed by atoms with Crippen LogP contribution in [0, 0.1) is 0 Å². The first-order valence-electron chi connectivity index (χ1n) is 13.2. The lowest BCUT2D eigenvalue weighted by molar-refractivity contribution is -0.275. The predicted octanol–water partition coefficient (Wildman–Crippen LogP) is 7.59. The Hall–Kier alpha value is -5.20. The van der Waals surface area contributed by atoms with E-state index in [4.69, 9.17) is 4.74 Å². The van der Waals surface area contributed by atoms with Crippen LogP contribution in [0.25, 0.3) is 0 Å². The van der Waals surface area contributed by atoms with Gasteiger partial charge in [0.05, 0.1) is 12.7 Å². The third-order valence-electron chi connectivity index (χ3n) is 6.61. The van der Waals surface area contributed by atoms with Gasteiger partial charge in [-0.25, -0.2) is 9.59 Å². The van der Waals surface area contributed by atoms with Gasteiger partial charge in [0, 0.05) is 12.0 Å². The average molecular weight is 634 g/mol. The zero-order valence-corrected chi connectivity index (χ0v) is 23.4. The highest BCUT2D eigenvalue weighted by Gasteiger charge is 2.38. The Kier molecular flexibility index (Phi) is 9.90. The number of carbonyl (C=O) groups is 2. The van der Waals surface area contributed by atoms with E-state index in [1.54, 1.807) is 30.3 Å². The van der Waals surface area contributed by atoms with Crippen molar-refractivity contribution in [2.75, 3.05) is 13.7 Å². The molecular formula is C32H25F6NO6. The summed E-state index contributed by atoms with van der Waals surface area (Å²) in [4.78, 5) is 24.7. The molecular weight excluding hydrogens is 608 g/mol. The number of esters is 1. The van der Waals surface area contributed by atoms with E-state index in [2.05, 4.69) is 19.5 Å². The average Bonchev–Trinajstić information content (AvgIpc) is 2.98. The molecule has 0 radical (unpaired) electrons. The fourth-order valence-corrected chi connectivity index (χ4v) is 4.71. The number of carbonyl (C=O) groups excluding carboxylic acids is 2. The van der Waals surface area contributed by atoms with Crippen molar-refractivity contribution >= 4 is 12.1 Å². The van der Waals surface area contributed by atoms with Crippen LogP contribution in [0.3, 0.4) is 0 Å². The van der Waals surface area contributed by atoms with E-state index < -0.39 is 41.7 Å². The van der Waals surface area contributed by atoms with Crippen LogP contribution in [0.4, 0.5) is 31.1 Å². The minimum atomic E-state index is -5.02. The summed E-state index contributed by atoms with van der Waals surface area (Å²) in [6, 6.07) is 23.9. The van der Waals surface area contributed by atoms with Gasteiger partial charge in [-0.3, -0.25) is 0 Å². The van der Waals surface area contributed by atoms with Gasteiger partial charge in [-0.15, -0.1) is 26.3 Å². The van der Waals surface area contributed by atoms with Gasteiger partial charge < -0.3 is 24.3 Å². The summed E-state index contributed by atoms with van der Waals surface area (Å²) < 4.78 is 97.2. The summed E-state index contributed by atoms with van der Waals surface area (Å²) in [5.41, 5.74) is -0.269. The number of rotatable bonds is 10. The Morgan fingerprint density at radius 2 is 1.20 bits per heavy atom. The molecule has 0 unspecified atom stereocenters. The van der Waals surface area contributed by atoms with Crippen molar-refractivity contribution in [1.82, 2.24) is 5.32 Å². The Bertz CT molecular complexity index is 1550. The Balaban J connectivity index is 1.78. The number of benzene rings is 4. The van der Waals surface area contributed by atoms with Crippen LogP contribution in [0.5, 0.6) is 17.2 Å². The highest BCUT2D eigenvalue weighted by atomic mass is 19.4. The van der Waals surface area contributed by atoms with Crippen LogP contribution in [-0.4, -0.2) is 38.4 Å². The molecule has 0 aliphatic heterocycles. The lowest BCUT2D eigenvalue weighted by Crippen LogP contribution is -2.44. The molecule has 0 aliphatic carbocycles. The van der Waals surface area contributed by atoms with Crippen molar-refractivity contribution in [3.05, 3.63) is 125 Å². The van der Waals surface area contributed by atoms with Crippen LogP contribution in [-0.2, 0) is 16.6 Å². The normalized spacial score (nSPS) is 11.8. The minimum Gasteiger partial charge on any atom is -0.465 e. The monoisotopic (exact) mass is 633 g/mol. The maximum Gasteiger partial charge on any atom is 0.573 e. The number of ether oxygens (including phenoxy) is 4. The zero-order valence-electron chi connectivity index (χ0n) is 23.4. The van der Waals surface area contributed by atoms with Crippen LogP contribution in [0.1, 0.15) is 27.0 Å². The third kappa shape index (κ3) is 9.15. The number of halogens is 6. The van der Waals surface area contributed by atoms with Gasteiger partial charge in [0.15, 0.2) is 0 Å². The smallest absolute Gasteiger partial charge is 0.465 e. The molecule has 0 aliphatic rings. The van der Waals surface area contributed by atoms with E-state index in [9.17, 15) is 35.9 Å². The highest BCUT2D eigenvalue weighted by Crippen LogP contribution is 2.40. The molecule has 1 N–H and O–H groups in total. The second-order valence-corrected chi connectivity index (χ2v) is 9.65. The first-order valence-corrected chi connectivity index (χ1v) is 13.2. The highest BCUT2D eigenvalue weighted by molar-refractivity contribution is 5.89. The van der Waals surface area contributed by atoms with Crippen LogP contribution < -0.4 is 19.5 Å². The molecule has 0 saturated heterocycles. The Morgan fingerprint density at radius 1 is 0.667 bits per heavy atom. The molecule has 236 valence electrons. The maximum absolute atomic E-state index is 13.2. The van der Waals surface area contributed by atoms with E-state index in [0.29, 0.717) is 5.56 Å². The van der Waals surface area contributed by atoms with Crippen LogP contribution in [0.2, 0.25) is 0 Å². The quantitative estimate of drug-likeness (QED) is 0.143.